The standard InChI is InChI=1S/C26H35N3O4S/c1-3-33-26(31)24-21-10-5-4-6-11-22(21)34-25(24)27-23(30)18-29-14-12-28(13-15-29)17-19-8-7-9-20(16-19)32-2/h7-9,16H,3-6,10-15,17-18H2,1-2H3,(H,27,30). The molecule has 1 aromatic heterocycles. The molecule has 1 amide bonds. The number of benzene rings is 1. The van der Waals surface area contributed by atoms with Gasteiger partial charge in [0.15, 0.2) is 0 Å². The number of ether oxygens (including phenoxy) is 2. The first-order valence-electron chi connectivity index (χ1n) is 12.3. The SMILES string of the molecule is CCOC(=O)c1c(NC(=O)CN2CCN(Cc3cccc(OC)c3)CC2)sc2c1CCCCC2. The monoisotopic (exact) mass is 485 g/mol. The Kier molecular flexibility index (Phi) is 8.59. The van der Waals surface area contributed by atoms with Crippen LogP contribution < -0.4 is 10.1 Å². The zero-order valence-corrected chi connectivity index (χ0v) is 21.0. The van der Waals surface area contributed by atoms with Crippen molar-refractivity contribution in [1.29, 1.82) is 0 Å². The minimum Gasteiger partial charge on any atom is -0.497 e. The molecule has 7 nitrogen and oxygen atoms in total. The van der Waals surface area contributed by atoms with E-state index in [1.165, 1.54) is 16.9 Å². The fourth-order valence-corrected chi connectivity index (χ4v) is 6.05. The van der Waals surface area contributed by atoms with E-state index in [-0.39, 0.29) is 11.9 Å². The van der Waals surface area contributed by atoms with Crippen molar-refractivity contribution >= 4 is 28.2 Å². The number of nitrogens with zero attached hydrogens (tertiary/aromatic N) is 2. The number of aryl methyl sites for hydroxylation is 1. The topological polar surface area (TPSA) is 71.1 Å². The highest BCUT2D eigenvalue weighted by Gasteiger charge is 2.27. The van der Waals surface area contributed by atoms with Crippen molar-refractivity contribution in [2.24, 2.45) is 0 Å². The number of amides is 1. The smallest absolute Gasteiger partial charge is 0.341 e. The first-order chi connectivity index (χ1) is 16.6. The van der Waals surface area contributed by atoms with E-state index in [4.69, 9.17) is 9.47 Å². The molecule has 2 aliphatic rings. The molecule has 0 atom stereocenters. The third kappa shape index (κ3) is 6.17. The third-order valence-electron chi connectivity index (χ3n) is 6.53. The highest BCUT2D eigenvalue weighted by Crippen LogP contribution is 2.38. The van der Waals surface area contributed by atoms with E-state index < -0.39 is 0 Å². The lowest BCUT2D eigenvalue weighted by molar-refractivity contribution is -0.117. The first kappa shape index (κ1) is 24.7. The van der Waals surface area contributed by atoms with Crippen LogP contribution in [0.1, 0.15) is 52.5 Å². The van der Waals surface area contributed by atoms with E-state index in [1.807, 2.05) is 19.1 Å². The Morgan fingerprint density at radius 1 is 1.06 bits per heavy atom. The van der Waals surface area contributed by atoms with E-state index >= 15 is 0 Å². The number of carbonyl (C=O) groups is 2. The summed E-state index contributed by atoms with van der Waals surface area (Å²) < 4.78 is 10.7. The van der Waals surface area contributed by atoms with Gasteiger partial charge in [-0.1, -0.05) is 18.6 Å². The number of anilines is 1. The van der Waals surface area contributed by atoms with Crippen molar-refractivity contribution in [2.75, 3.05) is 51.8 Å². The van der Waals surface area contributed by atoms with Crippen molar-refractivity contribution < 1.29 is 19.1 Å². The number of hydrogen-bond acceptors (Lipinski definition) is 7. The average Bonchev–Trinajstić information content (AvgIpc) is 3.00. The predicted octanol–water partition coefficient (Wildman–Crippen LogP) is 3.96. The Hall–Kier alpha value is -2.42. The maximum Gasteiger partial charge on any atom is 0.341 e. The van der Waals surface area contributed by atoms with Crippen LogP contribution in [0, 0.1) is 0 Å². The van der Waals surface area contributed by atoms with E-state index in [9.17, 15) is 9.59 Å². The number of thiophene rings is 1. The molecule has 1 aliphatic carbocycles. The molecule has 8 heteroatoms. The molecule has 1 saturated heterocycles. The lowest BCUT2D eigenvalue weighted by atomic mass is 10.1. The van der Waals surface area contributed by atoms with Gasteiger partial charge in [-0.15, -0.1) is 11.3 Å². The molecule has 0 spiro atoms. The summed E-state index contributed by atoms with van der Waals surface area (Å²) in [5.74, 6) is 0.493. The van der Waals surface area contributed by atoms with Crippen LogP contribution in [0.4, 0.5) is 5.00 Å². The van der Waals surface area contributed by atoms with Crippen molar-refractivity contribution in [3.8, 4) is 5.75 Å². The summed E-state index contributed by atoms with van der Waals surface area (Å²) in [4.78, 5) is 31.4. The second kappa shape index (κ2) is 11.8. The molecule has 0 radical (unpaired) electrons. The molecule has 1 fully saturated rings. The molecule has 184 valence electrons. The van der Waals surface area contributed by atoms with Crippen molar-refractivity contribution in [3.05, 3.63) is 45.8 Å². The summed E-state index contributed by atoms with van der Waals surface area (Å²) in [6.07, 6.45) is 5.23. The first-order valence-corrected chi connectivity index (χ1v) is 13.1. The Morgan fingerprint density at radius 3 is 2.59 bits per heavy atom. The summed E-state index contributed by atoms with van der Waals surface area (Å²) in [5, 5.41) is 3.71. The molecule has 2 aromatic rings. The van der Waals surface area contributed by atoms with Crippen LogP contribution in [0.25, 0.3) is 0 Å². The van der Waals surface area contributed by atoms with Crippen LogP contribution >= 0.6 is 11.3 Å². The van der Waals surface area contributed by atoms with Gasteiger partial charge < -0.3 is 14.8 Å². The quantitative estimate of drug-likeness (QED) is 0.451. The van der Waals surface area contributed by atoms with Gasteiger partial charge in [0.25, 0.3) is 0 Å². The Balaban J connectivity index is 1.33. The minimum absolute atomic E-state index is 0.0665. The number of carbonyl (C=O) groups excluding carboxylic acids is 2. The Labute approximate surface area is 206 Å². The molecule has 1 aromatic carbocycles. The molecule has 1 N–H and O–H groups in total. The van der Waals surface area contributed by atoms with E-state index in [1.54, 1.807) is 18.4 Å². The number of methoxy groups -OCH3 is 1. The summed E-state index contributed by atoms with van der Waals surface area (Å²) in [5.41, 5.74) is 2.90. The number of fused-ring (bicyclic) bond motifs is 1. The lowest BCUT2D eigenvalue weighted by Gasteiger charge is -2.34. The van der Waals surface area contributed by atoms with E-state index in [0.29, 0.717) is 23.7 Å². The van der Waals surface area contributed by atoms with E-state index in [2.05, 4.69) is 27.2 Å². The Morgan fingerprint density at radius 2 is 1.82 bits per heavy atom. The van der Waals surface area contributed by atoms with Gasteiger partial charge in [0.05, 0.1) is 25.8 Å². The van der Waals surface area contributed by atoms with Gasteiger partial charge in [0.1, 0.15) is 10.8 Å². The molecule has 0 saturated carbocycles. The van der Waals surface area contributed by atoms with Crippen LogP contribution in [0.15, 0.2) is 24.3 Å². The third-order valence-corrected chi connectivity index (χ3v) is 7.73. The van der Waals surface area contributed by atoms with Gasteiger partial charge in [0.2, 0.25) is 5.91 Å². The molecule has 0 unspecified atom stereocenters. The maximum absolute atomic E-state index is 12.9. The molecule has 2 heterocycles. The van der Waals surface area contributed by atoms with Gasteiger partial charge in [-0.2, -0.15) is 0 Å². The largest absolute Gasteiger partial charge is 0.497 e. The minimum atomic E-state index is -0.316. The van der Waals surface area contributed by atoms with Crippen LogP contribution in [0.3, 0.4) is 0 Å². The predicted molar refractivity (Wildman–Crippen MR) is 135 cm³/mol. The maximum atomic E-state index is 12.9. The molecule has 1 aliphatic heterocycles. The van der Waals surface area contributed by atoms with Gasteiger partial charge in [0, 0.05) is 37.6 Å². The van der Waals surface area contributed by atoms with Crippen molar-refractivity contribution in [1.82, 2.24) is 9.80 Å². The molecule has 34 heavy (non-hydrogen) atoms. The highest BCUT2D eigenvalue weighted by atomic mass is 32.1. The fraction of sp³-hybridized carbons (Fsp3) is 0.538. The van der Waals surface area contributed by atoms with Crippen molar-refractivity contribution in [2.45, 2.75) is 45.6 Å². The Bertz CT molecular complexity index is 998. The van der Waals surface area contributed by atoms with E-state index in [0.717, 1.165) is 69.7 Å². The molecule has 4 rings (SSSR count). The van der Waals surface area contributed by atoms with Gasteiger partial charge in [-0.3, -0.25) is 14.6 Å². The van der Waals surface area contributed by atoms with Gasteiger partial charge in [-0.05, 0) is 55.9 Å². The number of rotatable bonds is 8. The second-order valence-corrected chi connectivity index (χ2v) is 10.0. The van der Waals surface area contributed by atoms with Crippen molar-refractivity contribution in [3.63, 3.8) is 0 Å². The summed E-state index contributed by atoms with van der Waals surface area (Å²) in [7, 11) is 1.69. The fourth-order valence-electron chi connectivity index (χ4n) is 4.75. The number of esters is 1. The van der Waals surface area contributed by atoms with Crippen LogP contribution in [0.5, 0.6) is 5.75 Å². The number of nitrogens with one attached hydrogen (secondary N) is 1. The number of hydrogen-bond donors (Lipinski definition) is 1. The normalized spacial score (nSPS) is 17.0. The second-order valence-electron chi connectivity index (χ2n) is 8.94. The number of piperazine rings is 1. The molecular weight excluding hydrogens is 450 g/mol. The van der Waals surface area contributed by atoms with Gasteiger partial charge >= 0.3 is 5.97 Å². The summed E-state index contributed by atoms with van der Waals surface area (Å²) >= 11 is 1.55. The van der Waals surface area contributed by atoms with Crippen LogP contribution in [-0.2, 0) is 28.9 Å². The molecule has 0 bridgehead atoms. The summed E-state index contributed by atoms with van der Waals surface area (Å²) in [6.45, 7) is 6.84. The summed E-state index contributed by atoms with van der Waals surface area (Å²) in [6, 6.07) is 8.16. The van der Waals surface area contributed by atoms with Crippen LogP contribution in [-0.4, -0.2) is 68.1 Å². The zero-order chi connectivity index (χ0) is 23.9. The molecular formula is C26H35N3O4S. The highest BCUT2D eigenvalue weighted by molar-refractivity contribution is 7.17. The van der Waals surface area contributed by atoms with Gasteiger partial charge in [-0.25, -0.2) is 4.79 Å². The average molecular weight is 486 g/mol. The zero-order valence-electron chi connectivity index (χ0n) is 20.2. The lowest BCUT2D eigenvalue weighted by Crippen LogP contribution is -2.48. The van der Waals surface area contributed by atoms with Crippen LogP contribution in [0.2, 0.25) is 0 Å².